The maximum atomic E-state index is 12.6. The number of carbonyl (C=O) groups excluding carboxylic acids is 1. The molecule has 1 fully saturated rings. The average Bonchev–Trinajstić information content (AvgIpc) is 3.46. The molecule has 1 unspecified atom stereocenters. The Hall–Kier alpha value is -2.77. The van der Waals surface area contributed by atoms with Crippen molar-refractivity contribution in [2.75, 3.05) is 13.7 Å². The fourth-order valence-corrected chi connectivity index (χ4v) is 3.22. The molecule has 1 aromatic heterocycles. The number of hydrogen-bond acceptors (Lipinski definition) is 4. The molecular weight excluding hydrogens is 385 g/mol. The summed E-state index contributed by atoms with van der Waals surface area (Å²) in [6.45, 7) is 0.599. The van der Waals surface area contributed by atoms with Crippen molar-refractivity contribution in [2.45, 2.75) is 43.8 Å². The molecule has 1 amide bonds. The van der Waals surface area contributed by atoms with Crippen molar-refractivity contribution >= 4 is 5.91 Å². The van der Waals surface area contributed by atoms with Gasteiger partial charge in [-0.2, -0.15) is 13.2 Å². The van der Waals surface area contributed by atoms with Crippen molar-refractivity contribution in [2.24, 2.45) is 0 Å². The predicted octanol–water partition coefficient (Wildman–Crippen LogP) is 4.33. The maximum Gasteiger partial charge on any atom is 0.422 e. The molecule has 8 heteroatoms. The number of amides is 1. The molecule has 1 heterocycles. The molecule has 1 saturated carbocycles. The van der Waals surface area contributed by atoms with E-state index in [-0.39, 0.29) is 24.0 Å². The Morgan fingerprint density at radius 2 is 2.03 bits per heavy atom. The van der Waals surface area contributed by atoms with Crippen LogP contribution in [0.3, 0.4) is 0 Å². The maximum absolute atomic E-state index is 12.6. The van der Waals surface area contributed by atoms with E-state index in [4.69, 9.17) is 9.47 Å². The van der Waals surface area contributed by atoms with Gasteiger partial charge in [0, 0.05) is 18.7 Å². The summed E-state index contributed by atoms with van der Waals surface area (Å²) in [5.41, 5.74) is 1.16. The third-order valence-corrected chi connectivity index (χ3v) is 4.95. The van der Waals surface area contributed by atoms with E-state index < -0.39 is 18.3 Å². The van der Waals surface area contributed by atoms with E-state index >= 15 is 0 Å². The zero-order valence-electron chi connectivity index (χ0n) is 16.3. The fourth-order valence-electron chi connectivity index (χ4n) is 3.22. The molecular formula is C21H23F3N2O3. The lowest BCUT2D eigenvalue weighted by Crippen LogP contribution is -2.35. The van der Waals surface area contributed by atoms with Crippen molar-refractivity contribution in [1.82, 2.24) is 10.3 Å². The molecule has 0 spiro atoms. The number of methoxy groups -OCH3 is 1. The number of alkyl halides is 3. The SMILES string of the molecule is COc1cc(C(C)CC(=O)NC2(c3cccc(OCC(F)(F)F)c3)CC2)ccn1. The predicted molar refractivity (Wildman–Crippen MR) is 101 cm³/mol. The Morgan fingerprint density at radius 3 is 2.69 bits per heavy atom. The van der Waals surface area contributed by atoms with E-state index in [1.54, 1.807) is 30.5 Å². The molecule has 0 bridgehead atoms. The van der Waals surface area contributed by atoms with Gasteiger partial charge in [0.2, 0.25) is 11.8 Å². The molecule has 29 heavy (non-hydrogen) atoms. The van der Waals surface area contributed by atoms with Crippen LogP contribution in [0.4, 0.5) is 13.2 Å². The fraction of sp³-hybridized carbons (Fsp3) is 0.429. The number of pyridine rings is 1. The van der Waals surface area contributed by atoms with E-state index in [1.165, 1.54) is 13.2 Å². The first-order chi connectivity index (χ1) is 13.7. The van der Waals surface area contributed by atoms with E-state index in [0.717, 1.165) is 24.0 Å². The molecule has 1 aromatic carbocycles. The Labute approximate surface area is 167 Å². The third-order valence-electron chi connectivity index (χ3n) is 4.95. The lowest BCUT2D eigenvalue weighted by atomic mass is 9.97. The van der Waals surface area contributed by atoms with Gasteiger partial charge in [0.15, 0.2) is 6.61 Å². The van der Waals surface area contributed by atoms with E-state index in [0.29, 0.717) is 5.88 Å². The van der Waals surface area contributed by atoms with Crippen LogP contribution in [0.1, 0.15) is 43.2 Å². The van der Waals surface area contributed by atoms with Crippen LogP contribution in [-0.2, 0) is 10.3 Å². The first kappa shape index (κ1) is 21.0. The number of ether oxygens (including phenoxy) is 2. The van der Waals surface area contributed by atoms with Gasteiger partial charge in [-0.05, 0) is 48.1 Å². The molecule has 0 aliphatic heterocycles. The summed E-state index contributed by atoms with van der Waals surface area (Å²) in [5.74, 6) is 0.471. The average molecular weight is 408 g/mol. The molecule has 156 valence electrons. The second-order valence-corrected chi connectivity index (χ2v) is 7.30. The summed E-state index contributed by atoms with van der Waals surface area (Å²) in [6, 6.07) is 10.1. The Kier molecular flexibility index (Phi) is 6.00. The summed E-state index contributed by atoms with van der Waals surface area (Å²) in [6.07, 6.45) is -1.01. The molecule has 0 radical (unpaired) electrons. The topological polar surface area (TPSA) is 60.5 Å². The summed E-state index contributed by atoms with van der Waals surface area (Å²) >= 11 is 0. The highest BCUT2D eigenvalue weighted by atomic mass is 19.4. The first-order valence-electron chi connectivity index (χ1n) is 9.32. The number of nitrogens with one attached hydrogen (secondary N) is 1. The molecule has 5 nitrogen and oxygen atoms in total. The van der Waals surface area contributed by atoms with Crippen LogP contribution < -0.4 is 14.8 Å². The molecule has 3 rings (SSSR count). The van der Waals surface area contributed by atoms with Crippen LogP contribution in [0.25, 0.3) is 0 Å². The molecule has 1 aliphatic rings. The minimum Gasteiger partial charge on any atom is -0.484 e. The van der Waals surface area contributed by atoms with Crippen LogP contribution in [0.5, 0.6) is 11.6 Å². The third kappa shape index (κ3) is 5.62. The number of nitrogens with zero attached hydrogens (tertiary/aromatic N) is 1. The van der Waals surface area contributed by atoms with Gasteiger partial charge in [-0.1, -0.05) is 19.1 Å². The van der Waals surface area contributed by atoms with Crippen molar-refractivity contribution < 1.29 is 27.4 Å². The van der Waals surface area contributed by atoms with Crippen molar-refractivity contribution in [3.8, 4) is 11.6 Å². The van der Waals surface area contributed by atoms with E-state index in [1.807, 2.05) is 13.0 Å². The van der Waals surface area contributed by atoms with E-state index in [2.05, 4.69) is 10.3 Å². The molecule has 1 aliphatic carbocycles. The summed E-state index contributed by atoms with van der Waals surface area (Å²) < 4.78 is 47.1. The van der Waals surface area contributed by atoms with Gasteiger partial charge in [0.1, 0.15) is 5.75 Å². The lowest BCUT2D eigenvalue weighted by Gasteiger charge is -2.21. The summed E-state index contributed by atoms with van der Waals surface area (Å²) in [4.78, 5) is 16.7. The standard InChI is InChI=1S/C21H23F3N2O3/c1-14(15-6-9-25-19(11-15)28-2)10-18(27)26-20(7-8-20)16-4-3-5-17(12-16)29-13-21(22,23)24/h3-6,9,11-12,14H,7-8,10,13H2,1-2H3,(H,26,27). The zero-order valence-corrected chi connectivity index (χ0v) is 16.3. The molecule has 1 atom stereocenters. The van der Waals surface area contributed by atoms with Crippen LogP contribution in [0, 0.1) is 0 Å². The van der Waals surface area contributed by atoms with Crippen molar-refractivity contribution in [3.63, 3.8) is 0 Å². The van der Waals surface area contributed by atoms with Gasteiger partial charge in [-0.3, -0.25) is 4.79 Å². The number of halogens is 3. The number of aromatic nitrogens is 1. The van der Waals surface area contributed by atoms with Crippen molar-refractivity contribution in [3.05, 3.63) is 53.7 Å². The van der Waals surface area contributed by atoms with E-state index in [9.17, 15) is 18.0 Å². The summed E-state index contributed by atoms with van der Waals surface area (Å²) in [5, 5.41) is 3.05. The molecule has 1 N–H and O–H groups in total. The number of hydrogen-bond donors (Lipinski definition) is 1. The van der Waals surface area contributed by atoms with Crippen molar-refractivity contribution in [1.29, 1.82) is 0 Å². The van der Waals surface area contributed by atoms with Gasteiger partial charge < -0.3 is 14.8 Å². The monoisotopic (exact) mass is 408 g/mol. The van der Waals surface area contributed by atoms with Gasteiger partial charge in [-0.25, -0.2) is 4.98 Å². The second kappa shape index (κ2) is 8.31. The quantitative estimate of drug-likeness (QED) is 0.706. The van der Waals surface area contributed by atoms with Crippen LogP contribution >= 0.6 is 0 Å². The van der Waals surface area contributed by atoms with Crippen LogP contribution in [-0.4, -0.2) is 30.8 Å². The first-order valence-corrected chi connectivity index (χ1v) is 9.32. The zero-order chi connectivity index (χ0) is 21.1. The van der Waals surface area contributed by atoms with Crippen LogP contribution in [0.2, 0.25) is 0 Å². The van der Waals surface area contributed by atoms with Gasteiger partial charge >= 0.3 is 6.18 Å². The highest BCUT2D eigenvalue weighted by Crippen LogP contribution is 2.46. The van der Waals surface area contributed by atoms with Gasteiger partial charge in [0.05, 0.1) is 12.6 Å². The van der Waals surface area contributed by atoms with Gasteiger partial charge in [-0.15, -0.1) is 0 Å². The minimum atomic E-state index is -4.40. The second-order valence-electron chi connectivity index (χ2n) is 7.30. The Balaban J connectivity index is 1.63. The number of benzene rings is 1. The molecule has 0 saturated heterocycles. The highest BCUT2D eigenvalue weighted by Gasteiger charge is 2.46. The summed E-state index contributed by atoms with van der Waals surface area (Å²) in [7, 11) is 1.53. The van der Waals surface area contributed by atoms with Crippen LogP contribution in [0.15, 0.2) is 42.6 Å². The number of carbonyl (C=O) groups is 1. The molecule has 2 aromatic rings. The largest absolute Gasteiger partial charge is 0.484 e. The van der Waals surface area contributed by atoms with Gasteiger partial charge in [0.25, 0.3) is 0 Å². The Morgan fingerprint density at radius 1 is 1.28 bits per heavy atom. The normalized spacial score (nSPS) is 16.0. The number of rotatable bonds is 8. The Bertz CT molecular complexity index is 866. The highest BCUT2D eigenvalue weighted by molar-refractivity contribution is 5.78. The lowest BCUT2D eigenvalue weighted by molar-refractivity contribution is -0.153. The minimum absolute atomic E-state index is 0.0378. The smallest absolute Gasteiger partial charge is 0.422 e.